The molecule has 0 bridgehead atoms. The maximum Gasteiger partial charge on any atom is 0.253 e. The average molecular weight is 414 g/mol. The lowest BCUT2D eigenvalue weighted by Crippen LogP contribution is -2.31. The normalized spacial score (nSPS) is 14.0. The summed E-state index contributed by atoms with van der Waals surface area (Å²) in [5.41, 5.74) is 3.18. The van der Waals surface area contributed by atoms with Gasteiger partial charge in [0.25, 0.3) is 5.91 Å². The fraction of sp³-hybridized carbons (Fsp3) is 0.391. The molecule has 1 aliphatic heterocycles. The summed E-state index contributed by atoms with van der Waals surface area (Å²) >= 11 is 6.24. The van der Waals surface area contributed by atoms with Crippen LogP contribution in [0.4, 0.5) is 11.4 Å². The number of anilines is 2. The van der Waals surface area contributed by atoms with Crippen molar-refractivity contribution in [3.8, 4) is 0 Å². The van der Waals surface area contributed by atoms with Gasteiger partial charge in [-0.15, -0.1) is 0 Å². The number of piperidine rings is 1. The number of benzene rings is 2. The maximum atomic E-state index is 12.8. The first kappa shape index (κ1) is 21.2. The van der Waals surface area contributed by atoms with Crippen LogP contribution in [0.1, 0.15) is 49.0 Å². The summed E-state index contributed by atoms with van der Waals surface area (Å²) in [6.07, 6.45) is 3.67. The van der Waals surface area contributed by atoms with Crippen LogP contribution in [-0.2, 0) is 11.3 Å². The Morgan fingerprint density at radius 2 is 1.79 bits per heavy atom. The van der Waals surface area contributed by atoms with Crippen molar-refractivity contribution in [2.24, 2.45) is 5.92 Å². The van der Waals surface area contributed by atoms with Crippen LogP contribution in [0, 0.1) is 5.92 Å². The lowest BCUT2D eigenvalue weighted by Gasteiger charge is -2.30. The molecule has 1 heterocycles. The fourth-order valence-electron chi connectivity index (χ4n) is 3.44. The van der Waals surface area contributed by atoms with Gasteiger partial charge in [-0.25, -0.2) is 0 Å². The summed E-state index contributed by atoms with van der Waals surface area (Å²) in [5, 5.41) is 6.14. The Kier molecular flexibility index (Phi) is 7.15. The first-order valence-corrected chi connectivity index (χ1v) is 10.5. The molecular weight excluding hydrogens is 386 g/mol. The van der Waals surface area contributed by atoms with Crippen molar-refractivity contribution in [1.82, 2.24) is 5.32 Å². The molecule has 0 saturated carbocycles. The van der Waals surface area contributed by atoms with Crippen molar-refractivity contribution >= 4 is 34.8 Å². The van der Waals surface area contributed by atoms with Gasteiger partial charge in [0.2, 0.25) is 5.91 Å². The van der Waals surface area contributed by atoms with Gasteiger partial charge in [-0.3, -0.25) is 9.59 Å². The van der Waals surface area contributed by atoms with E-state index in [1.165, 1.54) is 24.9 Å². The highest BCUT2D eigenvalue weighted by molar-refractivity contribution is 6.34. The molecule has 2 aromatic carbocycles. The first-order valence-electron chi connectivity index (χ1n) is 10.2. The van der Waals surface area contributed by atoms with Gasteiger partial charge in [-0.1, -0.05) is 43.6 Å². The predicted molar refractivity (Wildman–Crippen MR) is 119 cm³/mol. The van der Waals surface area contributed by atoms with E-state index in [2.05, 4.69) is 21.6 Å². The van der Waals surface area contributed by atoms with E-state index in [9.17, 15) is 9.59 Å². The molecule has 0 spiro atoms. The van der Waals surface area contributed by atoms with Crippen LogP contribution in [0.5, 0.6) is 0 Å². The van der Waals surface area contributed by atoms with E-state index in [-0.39, 0.29) is 17.7 Å². The van der Waals surface area contributed by atoms with E-state index in [0.29, 0.717) is 22.8 Å². The highest BCUT2D eigenvalue weighted by Gasteiger charge is 2.16. The second-order valence-electron chi connectivity index (χ2n) is 7.70. The summed E-state index contributed by atoms with van der Waals surface area (Å²) in [5.74, 6) is -0.507. The largest absolute Gasteiger partial charge is 0.371 e. The second kappa shape index (κ2) is 9.79. The molecule has 0 unspecified atom stereocenters. The molecule has 1 fully saturated rings. The number of rotatable bonds is 6. The molecule has 5 nitrogen and oxygen atoms in total. The summed E-state index contributed by atoms with van der Waals surface area (Å²) in [6.45, 7) is 6.16. The molecule has 0 radical (unpaired) electrons. The molecule has 0 aromatic heterocycles. The van der Waals surface area contributed by atoms with E-state index < -0.39 is 0 Å². The molecule has 154 valence electrons. The van der Waals surface area contributed by atoms with Crippen molar-refractivity contribution in [1.29, 1.82) is 0 Å². The quantitative estimate of drug-likeness (QED) is 0.711. The minimum absolute atomic E-state index is 0.103. The van der Waals surface area contributed by atoms with Crippen molar-refractivity contribution in [2.45, 2.75) is 39.7 Å². The van der Waals surface area contributed by atoms with Gasteiger partial charge in [0.05, 0.1) is 10.6 Å². The molecule has 2 aromatic rings. The van der Waals surface area contributed by atoms with Gasteiger partial charge >= 0.3 is 0 Å². The van der Waals surface area contributed by atoms with Gasteiger partial charge in [-0.05, 0) is 49.1 Å². The molecular formula is C23H28ClN3O2. The molecule has 29 heavy (non-hydrogen) atoms. The van der Waals surface area contributed by atoms with Crippen LogP contribution in [-0.4, -0.2) is 24.9 Å². The highest BCUT2D eigenvalue weighted by Crippen LogP contribution is 2.25. The fourth-order valence-corrected chi connectivity index (χ4v) is 3.64. The lowest BCUT2D eigenvalue weighted by molar-refractivity contribution is -0.118. The Labute approximate surface area is 177 Å². The summed E-state index contributed by atoms with van der Waals surface area (Å²) < 4.78 is 0. The van der Waals surface area contributed by atoms with Crippen LogP contribution >= 0.6 is 11.6 Å². The highest BCUT2D eigenvalue weighted by atomic mass is 35.5. The van der Waals surface area contributed by atoms with E-state index >= 15 is 0 Å². The first-order chi connectivity index (χ1) is 14.0. The molecule has 1 aliphatic rings. The van der Waals surface area contributed by atoms with Gasteiger partial charge < -0.3 is 15.5 Å². The summed E-state index contributed by atoms with van der Waals surface area (Å²) in [6, 6.07) is 13.1. The molecule has 0 atom stereocenters. The molecule has 0 aliphatic carbocycles. The maximum absolute atomic E-state index is 12.8. The Balaban J connectivity index is 1.71. The number of nitrogens with one attached hydrogen (secondary N) is 2. The predicted octanol–water partition coefficient (Wildman–Crippen LogP) is 4.85. The van der Waals surface area contributed by atoms with Crippen LogP contribution in [0.3, 0.4) is 0 Å². The van der Waals surface area contributed by atoms with Crippen LogP contribution in [0.15, 0.2) is 42.5 Å². The van der Waals surface area contributed by atoms with Crippen molar-refractivity contribution in [2.75, 3.05) is 23.3 Å². The number of halogens is 1. The van der Waals surface area contributed by atoms with Crippen LogP contribution in [0.2, 0.25) is 5.02 Å². The standard InChI is InChI=1S/C23H28ClN3O2/c1-16(2)22(28)26-18-10-11-20(24)19(14-18)23(29)25-15-17-8-4-5-9-21(17)27-12-6-3-7-13-27/h4-5,8-11,14,16H,3,6-7,12-13,15H2,1-2H3,(H,25,29)(H,26,28). The Morgan fingerprint density at radius 3 is 2.52 bits per heavy atom. The minimum atomic E-state index is -0.260. The van der Waals surface area contributed by atoms with Crippen molar-refractivity contribution in [3.05, 3.63) is 58.6 Å². The van der Waals surface area contributed by atoms with Crippen molar-refractivity contribution < 1.29 is 9.59 Å². The van der Waals surface area contributed by atoms with E-state index in [1.54, 1.807) is 18.2 Å². The van der Waals surface area contributed by atoms with Gasteiger partial charge in [-0.2, -0.15) is 0 Å². The smallest absolute Gasteiger partial charge is 0.253 e. The number of carbonyl (C=O) groups excluding carboxylic acids is 2. The number of para-hydroxylation sites is 1. The summed E-state index contributed by atoms with van der Waals surface area (Å²) in [7, 11) is 0. The Morgan fingerprint density at radius 1 is 1.07 bits per heavy atom. The third-order valence-corrected chi connectivity index (χ3v) is 5.46. The number of nitrogens with zero attached hydrogens (tertiary/aromatic N) is 1. The third-order valence-electron chi connectivity index (χ3n) is 5.13. The van der Waals surface area contributed by atoms with Crippen LogP contribution < -0.4 is 15.5 Å². The molecule has 2 amide bonds. The third kappa shape index (κ3) is 5.51. The molecule has 1 saturated heterocycles. The average Bonchev–Trinajstić information content (AvgIpc) is 2.74. The number of carbonyl (C=O) groups is 2. The van der Waals surface area contributed by atoms with Gasteiger partial charge in [0.1, 0.15) is 0 Å². The molecule has 2 N–H and O–H groups in total. The van der Waals surface area contributed by atoms with E-state index in [4.69, 9.17) is 11.6 Å². The van der Waals surface area contributed by atoms with E-state index in [0.717, 1.165) is 18.7 Å². The van der Waals surface area contributed by atoms with Gasteiger partial charge in [0, 0.05) is 36.9 Å². The Hall–Kier alpha value is -2.53. The topological polar surface area (TPSA) is 61.4 Å². The minimum Gasteiger partial charge on any atom is -0.371 e. The van der Waals surface area contributed by atoms with Crippen molar-refractivity contribution in [3.63, 3.8) is 0 Å². The van der Waals surface area contributed by atoms with E-state index in [1.807, 2.05) is 32.0 Å². The van der Waals surface area contributed by atoms with Gasteiger partial charge in [0.15, 0.2) is 0 Å². The number of hydrogen-bond donors (Lipinski definition) is 2. The zero-order valence-electron chi connectivity index (χ0n) is 17.0. The molecule has 6 heteroatoms. The van der Waals surface area contributed by atoms with Crippen LogP contribution in [0.25, 0.3) is 0 Å². The SMILES string of the molecule is CC(C)C(=O)Nc1ccc(Cl)c(C(=O)NCc2ccccc2N2CCCCC2)c1. The zero-order valence-corrected chi connectivity index (χ0v) is 17.8. The number of hydrogen-bond acceptors (Lipinski definition) is 3. The monoisotopic (exact) mass is 413 g/mol. The molecule has 3 rings (SSSR count). The number of amides is 2. The second-order valence-corrected chi connectivity index (χ2v) is 8.10. The summed E-state index contributed by atoms with van der Waals surface area (Å²) in [4.78, 5) is 27.1. The zero-order chi connectivity index (χ0) is 20.8. The Bertz CT molecular complexity index is 876. The lowest BCUT2D eigenvalue weighted by atomic mass is 10.1.